The molecule has 1 aliphatic rings. The Morgan fingerprint density at radius 1 is 1.17 bits per heavy atom. The SMILES string of the molecule is CNC(=O)CN1CCN(Cc2cnc(-c3cc4cccc(N(C)S(=O)(=O)c5cccs5)c4[nH]3)s2)CC1. The molecule has 2 N–H and O–H groups in total. The predicted octanol–water partition coefficient (Wildman–Crippen LogP) is 3.04. The molecule has 1 aromatic carbocycles. The summed E-state index contributed by atoms with van der Waals surface area (Å²) in [4.78, 5) is 25.4. The topological polar surface area (TPSA) is 102 Å². The number of nitrogens with zero attached hydrogens (tertiary/aromatic N) is 4. The first-order valence-electron chi connectivity index (χ1n) is 11.6. The molecule has 0 spiro atoms. The van der Waals surface area contributed by atoms with E-state index in [4.69, 9.17) is 0 Å². The van der Waals surface area contributed by atoms with Crippen LogP contribution in [0.3, 0.4) is 0 Å². The molecular weight excluding hydrogens is 517 g/mol. The molecule has 4 aromatic rings. The molecular formula is C24H28N6O3S3. The lowest BCUT2D eigenvalue weighted by Crippen LogP contribution is -2.48. The van der Waals surface area contributed by atoms with Gasteiger partial charge in [0, 0.05) is 63.3 Å². The van der Waals surface area contributed by atoms with Crippen LogP contribution in [0, 0.1) is 0 Å². The number of fused-ring (bicyclic) bond motifs is 1. The third-order valence-corrected chi connectivity index (χ3v) is 10.5. The van der Waals surface area contributed by atoms with Crippen LogP contribution in [-0.2, 0) is 21.4 Å². The molecule has 0 radical (unpaired) electrons. The Labute approximate surface area is 218 Å². The van der Waals surface area contributed by atoms with Crippen LogP contribution in [0.2, 0.25) is 0 Å². The van der Waals surface area contributed by atoms with Gasteiger partial charge in [-0.25, -0.2) is 13.4 Å². The van der Waals surface area contributed by atoms with Crippen molar-refractivity contribution in [3.63, 3.8) is 0 Å². The Morgan fingerprint density at radius 2 is 1.94 bits per heavy atom. The van der Waals surface area contributed by atoms with Gasteiger partial charge in [0.1, 0.15) is 9.22 Å². The molecule has 3 aromatic heterocycles. The molecule has 36 heavy (non-hydrogen) atoms. The summed E-state index contributed by atoms with van der Waals surface area (Å²) in [6, 6.07) is 11.0. The lowest BCUT2D eigenvalue weighted by molar-refractivity contribution is -0.122. The normalized spacial score (nSPS) is 15.4. The van der Waals surface area contributed by atoms with Crippen LogP contribution >= 0.6 is 22.7 Å². The van der Waals surface area contributed by atoms with Gasteiger partial charge in [-0.15, -0.1) is 22.7 Å². The first kappa shape index (κ1) is 24.9. The number of aromatic nitrogens is 2. The molecule has 1 aliphatic heterocycles. The van der Waals surface area contributed by atoms with Crippen molar-refractivity contribution in [3.8, 4) is 10.7 Å². The van der Waals surface area contributed by atoms with E-state index in [-0.39, 0.29) is 5.91 Å². The fourth-order valence-electron chi connectivity index (χ4n) is 4.31. The first-order chi connectivity index (χ1) is 17.3. The standard InChI is InChI=1S/C24H28N6O3S3/c1-25-21(31)16-30-10-8-29(9-11-30)15-18-14-26-24(35-18)19-13-17-5-3-6-20(23(17)27-19)28(2)36(32,33)22-7-4-12-34-22/h3-7,12-14,27H,8-11,15-16H2,1-2H3,(H,25,31). The predicted molar refractivity (Wildman–Crippen MR) is 145 cm³/mol. The van der Waals surface area contributed by atoms with Gasteiger partial charge >= 0.3 is 0 Å². The maximum Gasteiger partial charge on any atom is 0.273 e. The summed E-state index contributed by atoms with van der Waals surface area (Å²) in [7, 11) is -0.383. The molecule has 4 heterocycles. The summed E-state index contributed by atoms with van der Waals surface area (Å²) >= 11 is 2.84. The number of carbonyl (C=O) groups excluding carboxylic acids is 1. The second-order valence-corrected chi connectivity index (χ2v) is 12.9. The number of anilines is 1. The van der Waals surface area contributed by atoms with E-state index < -0.39 is 10.0 Å². The number of hydrogen-bond donors (Lipinski definition) is 2. The van der Waals surface area contributed by atoms with Gasteiger partial charge in [-0.2, -0.15) is 0 Å². The summed E-state index contributed by atoms with van der Waals surface area (Å²) in [5, 5.41) is 6.24. The summed E-state index contributed by atoms with van der Waals surface area (Å²) in [6.45, 7) is 4.81. The number of thiophene rings is 1. The van der Waals surface area contributed by atoms with E-state index in [1.807, 2.05) is 30.5 Å². The number of carbonyl (C=O) groups is 1. The van der Waals surface area contributed by atoms with Gasteiger partial charge in [0.15, 0.2) is 0 Å². The van der Waals surface area contributed by atoms with E-state index in [0.717, 1.165) is 54.3 Å². The quantitative estimate of drug-likeness (QED) is 0.354. The van der Waals surface area contributed by atoms with Gasteiger partial charge < -0.3 is 10.3 Å². The zero-order valence-electron chi connectivity index (χ0n) is 20.1. The lowest BCUT2D eigenvalue weighted by atomic mass is 10.2. The van der Waals surface area contributed by atoms with Crippen LogP contribution in [-0.4, -0.2) is 80.9 Å². The summed E-state index contributed by atoms with van der Waals surface area (Å²) in [5.41, 5.74) is 2.23. The van der Waals surface area contributed by atoms with Crippen molar-refractivity contribution in [2.45, 2.75) is 10.8 Å². The fourth-order valence-corrected chi connectivity index (χ4v) is 7.60. The molecule has 9 nitrogen and oxygen atoms in total. The molecule has 0 atom stereocenters. The smallest absolute Gasteiger partial charge is 0.273 e. The van der Waals surface area contributed by atoms with E-state index in [1.54, 1.807) is 42.9 Å². The highest BCUT2D eigenvalue weighted by molar-refractivity contribution is 7.94. The minimum absolute atomic E-state index is 0.0485. The molecule has 190 valence electrons. The van der Waals surface area contributed by atoms with E-state index in [1.165, 1.54) is 20.5 Å². The zero-order chi connectivity index (χ0) is 25.3. The number of rotatable bonds is 8. The van der Waals surface area contributed by atoms with Crippen LogP contribution in [0.5, 0.6) is 0 Å². The lowest BCUT2D eigenvalue weighted by Gasteiger charge is -2.33. The van der Waals surface area contributed by atoms with E-state index >= 15 is 0 Å². The van der Waals surface area contributed by atoms with E-state index in [0.29, 0.717) is 16.4 Å². The fraction of sp³-hybridized carbons (Fsp3) is 0.333. The summed E-state index contributed by atoms with van der Waals surface area (Å²) in [5.74, 6) is 0.0485. The maximum atomic E-state index is 13.1. The largest absolute Gasteiger partial charge is 0.358 e. The number of thiazole rings is 1. The Bertz CT molecular complexity index is 1450. The minimum Gasteiger partial charge on any atom is -0.358 e. The van der Waals surface area contributed by atoms with Gasteiger partial charge in [-0.1, -0.05) is 18.2 Å². The molecule has 0 saturated carbocycles. The van der Waals surface area contributed by atoms with Crippen molar-refractivity contribution in [1.29, 1.82) is 0 Å². The second kappa shape index (κ2) is 10.3. The van der Waals surface area contributed by atoms with Gasteiger partial charge in [-0.3, -0.25) is 18.9 Å². The highest BCUT2D eigenvalue weighted by atomic mass is 32.2. The first-order valence-corrected chi connectivity index (χ1v) is 14.7. The van der Waals surface area contributed by atoms with Crippen molar-refractivity contribution >= 4 is 55.2 Å². The van der Waals surface area contributed by atoms with Gasteiger partial charge in [0.25, 0.3) is 10.0 Å². The molecule has 12 heteroatoms. The molecule has 0 aliphatic carbocycles. The number of benzene rings is 1. The van der Waals surface area contributed by atoms with Crippen molar-refractivity contribution in [1.82, 2.24) is 25.1 Å². The number of sulfonamides is 1. The number of hydrogen-bond acceptors (Lipinski definition) is 8. The number of likely N-dealkylation sites (N-methyl/N-ethyl adjacent to an activating group) is 1. The third-order valence-electron chi connectivity index (χ3n) is 6.36. The van der Waals surface area contributed by atoms with Crippen LogP contribution in [0.25, 0.3) is 21.6 Å². The molecule has 5 rings (SSSR count). The summed E-state index contributed by atoms with van der Waals surface area (Å²) < 4.78 is 27.8. The zero-order valence-corrected chi connectivity index (χ0v) is 22.5. The molecule has 1 fully saturated rings. The Balaban J connectivity index is 1.31. The average Bonchev–Trinajstić information content (AvgIpc) is 3.65. The van der Waals surface area contributed by atoms with Crippen LogP contribution < -0.4 is 9.62 Å². The third kappa shape index (κ3) is 5.04. The average molecular weight is 545 g/mol. The minimum atomic E-state index is -3.63. The van der Waals surface area contributed by atoms with E-state index in [9.17, 15) is 13.2 Å². The van der Waals surface area contributed by atoms with Crippen molar-refractivity contribution in [2.24, 2.45) is 0 Å². The van der Waals surface area contributed by atoms with Crippen LogP contribution in [0.15, 0.2) is 52.2 Å². The monoisotopic (exact) mass is 544 g/mol. The Hall–Kier alpha value is -2.77. The molecule has 1 saturated heterocycles. The van der Waals surface area contributed by atoms with Gasteiger partial charge in [0.05, 0.1) is 23.4 Å². The number of para-hydroxylation sites is 1. The highest BCUT2D eigenvalue weighted by Gasteiger charge is 2.25. The van der Waals surface area contributed by atoms with Crippen molar-refractivity contribution in [3.05, 3.63) is 52.9 Å². The number of H-pyrrole nitrogens is 1. The van der Waals surface area contributed by atoms with Crippen molar-refractivity contribution < 1.29 is 13.2 Å². The second-order valence-electron chi connectivity index (χ2n) is 8.69. The maximum absolute atomic E-state index is 13.1. The Kier molecular flexibility index (Phi) is 7.13. The number of aromatic amines is 1. The molecule has 0 unspecified atom stereocenters. The Morgan fingerprint density at radius 3 is 2.67 bits per heavy atom. The highest BCUT2D eigenvalue weighted by Crippen LogP contribution is 2.34. The number of piperazine rings is 1. The van der Waals surface area contributed by atoms with Crippen LogP contribution in [0.4, 0.5) is 5.69 Å². The number of nitrogens with one attached hydrogen (secondary N) is 2. The van der Waals surface area contributed by atoms with E-state index in [2.05, 4.69) is 25.1 Å². The molecule has 0 bridgehead atoms. The van der Waals surface area contributed by atoms with Gasteiger partial charge in [-0.05, 0) is 23.6 Å². The summed E-state index contributed by atoms with van der Waals surface area (Å²) in [6.07, 6.45) is 1.91. The van der Waals surface area contributed by atoms with Crippen LogP contribution in [0.1, 0.15) is 4.88 Å². The van der Waals surface area contributed by atoms with Gasteiger partial charge in [0.2, 0.25) is 5.91 Å². The number of amides is 1. The molecule has 1 amide bonds. The van der Waals surface area contributed by atoms with Crippen molar-refractivity contribution in [2.75, 3.05) is 51.1 Å².